The lowest BCUT2D eigenvalue weighted by Gasteiger charge is -2.42. The summed E-state index contributed by atoms with van der Waals surface area (Å²) in [6, 6.07) is 17.3. The van der Waals surface area contributed by atoms with Gasteiger partial charge in [-0.05, 0) is 26.2 Å². The zero-order valence-corrected chi connectivity index (χ0v) is 11.7. The van der Waals surface area contributed by atoms with Crippen LogP contribution in [-0.2, 0) is 5.72 Å². The highest BCUT2D eigenvalue weighted by molar-refractivity contribution is 6.00. The molecule has 0 saturated carbocycles. The number of benzene rings is 2. The molecule has 0 radical (unpaired) electrons. The Hall–Kier alpha value is -2.13. The fourth-order valence-corrected chi connectivity index (χ4v) is 2.68. The van der Waals surface area contributed by atoms with Gasteiger partial charge in [0, 0.05) is 5.56 Å². The van der Waals surface area contributed by atoms with Crippen molar-refractivity contribution in [3.05, 3.63) is 65.7 Å². The first kappa shape index (κ1) is 12.9. The van der Waals surface area contributed by atoms with E-state index in [1.165, 1.54) is 0 Å². The van der Waals surface area contributed by atoms with Crippen molar-refractivity contribution < 1.29 is 9.53 Å². The average molecular weight is 267 g/mol. The Morgan fingerprint density at radius 2 is 1.65 bits per heavy atom. The lowest BCUT2D eigenvalue weighted by atomic mass is 9.90. The predicted octanol–water partition coefficient (Wildman–Crippen LogP) is 3.07. The first-order valence-corrected chi connectivity index (χ1v) is 6.68. The SMILES string of the molecule is CN(C)C1(c2ccccc2)CC(=O)c2ccccc2O1. The molecule has 0 fully saturated rings. The number of ether oxygens (including phenoxy) is 1. The predicted molar refractivity (Wildman–Crippen MR) is 77.8 cm³/mol. The first-order valence-electron chi connectivity index (χ1n) is 6.68. The van der Waals surface area contributed by atoms with Crippen molar-refractivity contribution in [2.24, 2.45) is 0 Å². The Bertz CT molecular complexity index is 636. The fraction of sp³-hybridized carbons (Fsp3) is 0.235. The van der Waals surface area contributed by atoms with E-state index in [0.29, 0.717) is 17.7 Å². The third-order valence-electron chi connectivity index (χ3n) is 3.81. The molecule has 0 bridgehead atoms. The maximum Gasteiger partial charge on any atom is 0.196 e. The monoisotopic (exact) mass is 267 g/mol. The summed E-state index contributed by atoms with van der Waals surface area (Å²) in [7, 11) is 3.88. The van der Waals surface area contributed by atoms with E-state index in [0.717, 1.165) is 5.56 Å². The van der Waals surface area contributed by atoms with Gasteiger partial charge in [-0.2, -0.15) is 0 Å². The number of para-hydroxylation sites is 1. The van der Waals surface area contributed by atoms with Gasteiger partial charge in [-0.25, -0.2) is 0 Å². The number of hydrogen-bond donors (Lipinski definition) is 0. The van der Waals surface area contributed by atoms with Gasteiger partial charge < -0.3 is 4.74 Å². The summed E-state index contributed by atoms with van der Waals surface area (Å²) < 4.78 is 6.24. The van der Waals surface area contributed by atoms with Crippen molar-refractivity contribution in [3.8, 4) is 5.75 Å². The second-order valence-corrected chi connectivity index (χ2v) is 5.24. The molecule has 102 valence electrons. The molecule has 0 spiro atoms. The highest BCUT2D eigenvalue weighted by Gasteiger charge is 2.43. The molecule has 0 saturated heterocycles. The molecule has 3 rings (SSSR count). The third-order valence-corrected chi connectivity index (χ3v) is 3.81. The minimum atomic E-state index is -0.729. The standard InChI is InChI=1S/C17H17NO2/c1-18(2)17(13-8-4-3-5-9-13)12-15(19)14-10-6-7-11-16(14)20-17/h3-11H,12H2,1-2H3. The van der Waals surface area contributed by atoms with Crippen LogP contribution in [0.4, 0.5) is 0 Å². The molecule has 0 aromatic heterocycles. The van der Waals surface area contributed by atoms with E-state index in [-0.39, 0.29) is 5.78 Å². The largest absolute Gasteiger partial charge is 0.467 e. The molecule has 1 atom stereocenters. The highest BCUT2D eigenvalue weighted by atomic mass is 16.5. The van der Waals surface area contributed by atoms with E-state index < -0.39 is 5.72 Å². The van der Waals surface area contributed by atoms with Gasteiger partial charge >= 0.3 is 0 Å². The van der Waals surface area contributed by atoms with Crippen LogP contribution < -0.4 is 4.74 Å². The quantitative estimate of drug-likeness (QED) is 0.837. The van der Waals surface area contributed by atoms with Gasteiger partial charge in [-0.1, -0.05) is 42.5 Å². The van der Waals surface area contributed by atoms with Crippen molar-refractivity contribution in [1.29, 1.82) is 0 Å². The maximum absolute atomic E-state index is 12.5. The molecule has 1 aliphatic heterocycles. The van der Waals surface area contributed by atoms with E-state index in [1.54, 1.807) is 0 Å². The second kappa shape index (κ2) is 4.76. The lowest BCUT2D eigenvalue weighted by Crippen LogP contribution is -2.50. The van der Waals surface area contributed by atoms with Gasteiger partial charge in [0.15, 0.2) is 11.5 Å². The van der Waals surface area contributed by atoms with Gasteiger partial charge in [0.2, 0.25) is 0 Å². The Kier molecular flexibility index (Phi) is 3.07. The topological polar surface area (TPSA) is 29.5 Å². The molecule has 2 aromatic rings. The Morgan fingerprint density at radius 1 is 1.00 bits per heavy atom. The summed E-state index contributed by atoms with van der Waals surface area (Å²) in [5.74, 6) is 0.769. The molecular formula is C17H17NO2. The second-order valence-electron chi connectivity index (χ2n) is 5.24. The van der Waals surface area contributed by atoms with Crippen LogP contribution in [0.2, 0.25) is 0 Å². The molecule has 1 heterocycles. The molecule has 3 heteroatoms. The molecule has 2 aromatic carbocycles. The van der Waals surface area contributed by atoms with Crippen LogP contribution in [-0.4, -0.2) is 24.8 Å². The number of nitrogens with zero attached hydrogens (tertiary/aromatic N) is 1. The summed E-state index contributed by atoms with van der Waals surface area (Å²) in [5.41, 5.74) is 0.931. The third kappa shape index (κ3) is 1.91. The van der Waals surface area contributed by atoms with Gasteiger partial charge in [0.1, 0.15) is 5.75 Å². The Morgan fingerprint density at radius 3 is 2.35 bits per heavy atom. The number of ketones is 1. The maximum atomic E-state index is 12.5. The van der Waals surface area contributed by atoms with E-state index >= 15 is 0 Å². The zero-order valence-electron chi connectivity index (χ0n) is 11.7. The Balaban J connectivity index is 2.14. The summed E-state index contributed by atoms with van der Waals surface area (Å²) in [4.78, 5) is 14.4. The summed E-state index contributed by atoms with van der Waals surface area (Å²) >= 11 is 0. The molecule has 1 aliphatic rings. The lowest BCUT2D eigenvalue weighted by molar-refractivity contribution is -0.0700. The number of carbonyl (C=O) groups is 1. The normalized spacial score (nSPS) is 21.4. The number of fused-ring (bicyclic) bond motifs is 1. The van der Waals surface area contributed by atoms with E-state index in [2.05, 4.69) is 0 Å². The van der Waals surface area contributed by atoms with Crippen LogP contribution in [0.3, 0.4) is 0 Å². The van der Waals surface area contributed by atoms with Crippen molar-refractivity contribution in [3.63, 3.8) is 0 Å². The minimum absolute atomic E-state index is 0.115. The molecule has 0 amide bonds. The van der Waals surface area contributed by atoms with Crippen molar-refractivity contribution in [2.75, 3.05) is 14.1 Å². The first-order chi connectivity index (χ1) is 9.63. The zero-order chi connectivity index (χ0) is 14.2. The molecule has 0 N–H and O–H groups in total. The highest BCUT2D eigenvalue weighted by Crippen LogP contribution is 2.40. The summed E-state index contributed by atoms with van der Waals surface area (Å²) in [6.07, 6.45) is 0.320. The Labute approximate surface area is 118 Å². The van der Waals surface area contributed by atoms with Crippen LogP contribution in [0.1, 0.15) is 22.3 Å². The van der Waals surface area contributed by atoms with E-state index in [1.807, 2.05) is 73.6 Å². The van der Waals surface area contributed by atoms with Gasteiger partial charge in [0.25, 0.3) is 0 Å². The summed E-state index contributed by atoms with van der Waals surface area (Å²) in [6.45, 7) is 0. The van der Waals surface area contributed by atoms with Crippen LogP contribution in [0.15, 0.2) is 54.6 Å². The smallest absolute Gasteiger partial charge is 0.196 e. The van der Waals surface area contributed by atoms with Crippen LogP contribution in [0.5, 0.6) is 5.75 Å². The number of Topliss-reactive ketones (excluding diaryl/α,β-unsaturated/α-hetero) is 1. The van der Waals surface area contributed by atoms with Gasteiger partial charge in [-0.15, -0.1) is 0 Å². The fourth-order valence-electron chi connectivity index (χ4n) is 2.68. The molecular weight excluding hydrogens is 250 g/mol. The van der Waals surface area contributed by atoms with Crippen LogP contribution in [0, 0.1) is 0 Å². The van der Waals surface area contributed by atoms with E-state index in [4.69, 9.17) is 4.74 Å². The number of rotatable bonds is 2. The minimum Gasteiger partial charge on any atom is -0.467 e. The molecule has 20 heavy (non-hydrogen) atoms. The molecule has 0 aliphatic carbocycles. The molecule has 3 nitrogen and oxygen atoms in total. The van der Waals surface area contributed by atoms with Crippen molar-refractivity contribution in [1.82, 2.24) is 4.90 Å². The average Bonchev–Trinajstić information content (AvgIpc) is 2.48. The van der Waals surface area contributed by atoms with Crippen molar-refractivity contribution in [2.45, 2.75) is 12.1 Å². The van der Waals surface area contributed by atoms with Gasteiger partial charge in [-0.3, -0.25) is 9.69 Å². The van der Waals surface area contributed by atoms with Gasteiger partial charge in [0.05, 0.1) is 12.0 Å². The van der Waals surface area contributed by atoms with Crippen LogP contribution in [0.25, 0.3) is 0 Å². The number of carbonyl (C=O) groups excluding carboxylic acids is 1. The van der Waals surface area contributed by atoms with Crippen LogP contribution >= 0.6 is 0 Å². The van der Waals surface area contributed by atoms with Crippen molar-refractivity contribution >= 4 is 5.78 Å². The van der Waals surface area contributed by atoms with E-state index in [9.17, 15) is 4.79 Å². The summed E-state index contributed by atoms with van der Waals surface area (Å²) in [5, 5.41) is 0. The molecule has 1 unspecified atom stereocenters. The number of hydrogen-bond acceptors (Lipinski definition) is 3.